The van der Waals surface area contributed by atoms with Gasteiger partial charge in [-0.1, -0.05) is 18.2 Å². The average molecular weight is 287 g/mol. The molecule has 0 radical (unpaired) electrons. The highest BCUT2D eigenvalue weighted by molar-refractivity contribution is 7.71. The minimum atomic E-state index is 0.733. The van der Waals surface area contributed by atoms with Gasteiger partial charge in [0.1, 0.15) is 0 Å². The molecule has 0 amide bonds. The van der Waals surface area contributed by atoms with E-state index in [4.69, 9.17) is 12.2 Å². The van der Waals surface area contributed by atoms with Crippen LogP contribution in [-0.4, -0.2) is 15.5 Å². The fourth-order valence-corrected chi connectivity index (χ4v) is 3.04. The Morgan fingerprint density at radius 2 is 2.00 bits per heavy atom. The normalized spacial score (nSPS) is 11.6. The van der Waals surface area contributed by atoms with Gasteiger partial charge in [-0.3, -0.25) is 0 Å². The number of para-hydroxylation sites is 2. The second-order valence-corrected chi connectivity index (χ2v) is 5.43. The molecule has 0 saturated heterocycles. The van der Waals surface area contributed by atoms with E-state index in [9.17, 15) is 0 Å². The summed E-state index contributed by atoms with van der Waals surface area (Å²) in [7, 11) is 0. The van der Waals surface area contributed by atoms with Crippen LogP contribution in [0.2, 0.25) is 0 Å². The number of fused-ring (bicyclic) bond motifs is 1. The Morgan fingerprint density at radius 3 is 2.68 bits per heavy atom. The number of aryl methyl sites for hydroxylation is 1. The number of benzene rings is 1. The molecule has 3 nitrogen and oxygen atoms in total. The van der Waals surface area contributed by atoms with E-state index < -0.39 is 0 Å². The first kappa shape index (κ1) is 12.3. The van der Waals surface area contributed by atoms with Gasteiger partial charge in [-0.05, 0) is 42.7 Å². The molecule has 96 valence electrons. The van der Waals surface area contributed by atoms with Gasteiger partial charge >= 0.3 is 0 Å². The van der Waals surface area contributed by atoms with Crippen molar-refractivity contribution in [2.45, 2.75) is 13.5 Å². The molecule has 0 aliphatic carbocycles. The summed E-state index contributed by atoms with van der Waals surface area (Å²) in [6, 6.07) is 12.2. The van der Waals surface area contributed by atoms with Gasteiger partial charge in [0.15, 0.2) is 0 Å². The number of rotatable bonds is 3. The highest BCUT2D eigenvalue weighted by Gasteiger charge is 2.07. The smallest absolute Gasteiger partial charge is 0.201 e. The maximum atomic E-state index is 5.50. The molecule has 0 N–H and O–H groups in total. The molecule has 3 rings (SSSR count). The van der Waals surface area contributed by atoms with Crippen LogP contribution in [0.3, 0.4) is 0 Å². The number of thiophene rings is 1. The van der Waals surface area contributed by atoms with Crippen LogP contribution in [0.15, 0.2) is 46.9 Å². The van der Waals surface area contributed by atoms with E-state index in [1.54, 1.807) is 11.3 Å². The minimum Gasteiger partial charge on any atom is -0.315 e. The summed E-state index contributed by atoms with van der Waals surface area (Å²) in [6.45, 7) is 2.94. The molecule has 0 aliphatic heterocycles. The van der Waals surface area contributed by atoms with Crippen molar-refractivity contribution in [3.63, 3.8) is 0 Å². The summed E-state index contributed by atoms with van der Waals surface area (Å²) in [6.07, 6.45) is 1.85. The SMILES string of the molecule is CCn1c(=S)n(/N=C\c2cccs2)c2ccccc21. The molecule has 0 aliphatic rings. The molecule has 2 aromatic heterocycles. The Labute approximate surface area is 120 Å². The van der Waals surface area contributed by atoms with Crippen molar-refractivity contribution in [1.82, 2.24) is 9.24 Å². The lowest BCUT2D eigenvalue weighted by Gasteiger charge is -1.96. The first-order chi connectivity index (χ1) is 9.31. The van der Waals surface area contributed by atoms with Gasteiger partial charge in [-0.25, -0.2) is 4.68 Å². The maximum absolute atomic E-state index is 5.50. The van der Waals surface area contributed by atoms with Crippen LogP contribution in [0, 0.1) is 4.77 Å². The van der Waals surface area contributed by atoms with Crippen LogP contribution >= 0.6 is 23.6 Å². The standard InChI is InChI=1S/C14H13N3S2/c1-2-16-12-7-3-4-8-13(12)17(14(16)18)15-10-11-6-5-9-19-11/h3-10H,2H2,1H3/b15-10-. The van der Waals surface area contributed by atoms with E-state index in [1.165, 1.54) is 0 Å². The molecule has 0 unspecified atom stereocenters. The number of hydrogen-bond donors (Lipinski definition) is 0. The predicted molar refractivity (Wildman–Crippen MR) is 83.7 cm³/mol. The Morgan fingerprint density at radius 1 is 1.21 bits per heavy atom. The molecule has 0 bridgehead atoms. The Bertz CT molecular complexity index is 779. The zero-order valence-electron chi connectivity index (χ0n) is 10.5. The van der Waals surface area contributed by atoms with E-state index in [0.717, 1.165) is 27.2 Å². The van der Waals surface area contributed by atoms with Crippen LogP contribution in [0.25, 0.3) is 11.0 Å². The van der Waals surface area contributed by atoms with Crippen LogP contribution in [-0.2, 0) is 6.54 Å². The summed E-state index contributed by atoms with van der Waals surface area (Å²) in [5.74, 6) is 0. The van der Waals surface area contributed by atoms with Crippen LogP contribution in [0.5, 0.6) is 0 Å². The van der Waals surface area contributed by atoms with Crippen molar-refractivity contribution in [1.29, 1.82) is 0 Å². The Kier molecular flexibility index (Phi) is 3.31. The lowest BCUT2D eigenvalue weighted by Crippen LogP contribution is -1.95. The van der Waals surface area contributed by atoms with Crippen LogP contribution in [0.4, 0.5) is 0 Å². The van der Waals surface area contributed by atoms with E-state index in [-0.39, 0.29) is 0 Å². The monoisotopic (exact) mass is 287 g/mol. The van der Waals surface area contributed by atoms with Crippen molar-refractivity contribution in [2.24, 2.45) is 5.10 Å². The van der Waals surface area contributed by atoms with Crippen molar-refractivity contribution in [2.75, 3.05) is 0 Å². The second-order valence-electron chi connectivity index (χ2n) is 4.09. The maximum Gasteiger partial charge on any atom is 0.201 e. The van der Waals surface area contributed by atoms with Crippen LogP contribution < -0.4 is 0 Å². The fraction of sp³-hybridized carbons (Fsp3) is 0.143. The third kappa shape index (κ3) is 2.15. The lowest BCUT2D eigenvalue weighted by molar-refractivity contribution is 0.734. The number of nitrogens with zero attached hydrogens (tertiary/aromatic N) is 3. The molecular formula is C14H13N3S2. The van der Waals surface area contributed by atoms with Gasteiger partial charge < -0.3 is 4.57 Å². The molecule has 0 spiro atoms. The highest BCUT2D eigenvalue weighted by atomic mass is 32.1. The Balaban J connectivity index is 2.18. The molecule has 5 heteroatoms. The number of hydrogen-bond acceptors (Lipinski definition) is 3. The minimum absolute atomic E-state index is 0.733. The molecule has 19 heavy (non-hydrogen) atoms. The van der Waals surface area contributed by atoms with Crippen LogP contribution in [0.1, 0.15) is 11.8 Å². The van der Waals surface area contributed by atoms with Crippen molar-refractivity contribution in [3.8, 4) is 0 Å². The molecule has 3 aromatic rings. The summed E-state index contributed by atoms with van der Waals surface area (Å²) in [5, 5.41) is 6.56. The molecule has 1 aromatic carbocycles. The van der Waals surface area contributed by atoms with Gasteiger partial charge in [0.05, 0.1) is 17.2 Å². The molecule has 2 heterocycles. The summed E-state index contributed by atoms with van der Waals surface area (Å²) in [4.78, 5) is 1.12. The third-order valence-corrected chi connectivity index (χ3v) is 4.17. The van der Waals surface area contributed by atoms with Gasteiger partial charge in [0, 0.05) is 11.4 Å². The molecular weight excluding hydrogens is 274 g/mol. The van der Waals surface area contributed by atoms with E-state index in [0.29, 0.717) is 0 Å². The summed E-state index contributed by atoms with van der Waals surface area (Å²) < 4.78 is 4.65. The zero-order valence-corrected chi connectivity index (χ0v) is 12.1. The highest BCUT2D eigenvalue weighted by Crippen LogP contribution is 2.18. The van der Waals surface area contributed by atoms with E-state index >= 15 is 0 Å². The fourth-order valence-electron chi connectivity index (χ4n) is 2.09. The van der Waals surface area contributed by atoms with Crippen molar-refractivity contribution < 1.29 is 0 Å². The van der Waals surface area contributed by atoms with Crippen molar-refractivity contribution in [3.05, 3.63) is 51.4 Å². The molecule has 0 saturated carbocycles. The first-order valence-corrected chi connectivity index (χ1v) is 7.38. The first-order valence-electron chi connectivity index (χ1n) is 6.09. The summed E-state index contributed by atoms with van der Waals surface area (Å²) in [5.41, 5.74) is 2.17. The Hall–Kier alpha value is -1.72. The average Bonchev–Trinajstić information content (AvgIpc) is 3.02. The van der Waals surface area contributed by atoms with Gasteiger partial charge in [0.2, 0.25) is 4.77 Å². The molecule has 0 fully saturated rings. The number of imidazole rings is 1. The zero-order chi connectivity index (χ0) is 13.2. The van der Waals surface area contributed by atoms with E-state index in [2.05, 4.69) is 22.7 Å². The predicted octanol–water partition coefficient (Wildman–Crippen LogP) is 4.14. The number of aromatic nitrogens is 2. The largest absolute Gasteiger partial charge is 0.315 e. The summed E-state index contributed by atoms with van der Waals surface area (Å²) >= 11 is 7.16. The topological polar surface area (TPSA) is 22.2 Å². The van der Waals surface area contributed by atoms with Gasteiger partial charge in [-0.15, -0.1) is 11.3 Å². The molecule has 0 atom stereocenters. The lowest BCUT2D eigenvalue weighted by atomic mass is 10.3. The van der Waals surface area contributed by atoms with Gasteiger partial charge in [0.25, 0.3) is 0 Å². The second kappa shape index (κ2) is 5.11. The van der Waals surface area contributed by atoms with Gasteiger partial charge in [-0.2, -0.15) is 5.10 Å². The van der Waals surface area contributed by atoms with Crippen molar-refractivity contribution >= 4 is 40.8 Å². The van der Waals surface area contributed by atoms with E-state index in [1.807, 2.05) is 46.6 Å². The third-order valence-electron chi connectivity index (χ3n) is 2.97. The quantitative estimate of drug-likeness (QED) is 0.524.